The summed E-state index contributed by atoms with van der Waals surface area (Å²) >= 11 is 0. The summed E-state index contributed by atoms with van der Waals surface area (Å²) in [5.41, 5.74) is 5.31. The third-order valence-electron chi connectivity index (χ3n) is 10.3. The number of allylic oxidation sites excluding steroid dienone is 2. The van der Waals surface area contributed by atoms with Gasteiger partial charge in [-0.1, -0.05) is 31.1 Å². The lowest BCUT2D eigenvalue weighted by molar-refractivity contribution is -0.0456. The number of rotatable bonds is 0. The molecule has 6 aliphatic rings. The van der Waals surface area contributed by atoms with Crippen molar-refractivity contribution in [3.8, 4) is 0 Å². The van der Waals surface area contributed by atoms with Gasteiger partial charge in [0.1, 0.15) is 0 Å². The monoisotopic (exact) mass is 397 g/mol. The summed E-state index contributed by atoms with van der Waals surface area (Å²) in [7, 11) is 0. The predicted molar refractivity (Wildman–Crippen MR) is 115 cm³/mol. The van der Waals surface area contributed by atoms with Crippen molar-refractivity contribution in [2.75, 3.05) is 6.54 Å². The molecule has 3 nitrogen and oxygen atoms in total. The standard InChI is InChI=1S/C26H39NO2/c1-15-10-24-23(27-14-15)13-26(29-24)9-7-19-20-5-4-17-11-18(28)6-8-25(17,3)22(20)12-21(19)16(26)2/h4,15,18-20,22-24,27-28H,5-14H2,1-3H3/t15-,18?,19-,20-,22-,23?,24+,25-,26+/m0/s1. The van der Waals surface area contributed by atoms with E-state index in [-0.39, 0.29) is 11.7 Å². The summed E-state index contributed by atoms with van der Waals surface area (Å²) in [5, 5.41) is 14.0. The lowest BCUT2D eigenvalue weighted by atomic mass is 9.56. The summed E-state index contributed by atoms with van der Waals surface area (Å²) < 4.78 is 6.92. The second-order valence-electron chi connectivity index (χ2n) is 11.8. The van der Waals surface area contributed by atoms with E-state index in [0.29, 0.717) is 17.6 Å². The van der Waals surface area contributed by atoms with Gasteiger partial charge in [0.15, 0.2) is 0 Å². The topological polar surface area (TPSA) is 41.5 Å². The first kappa shape index (κ1) is 19.1. The van der Waals surface area contributed by atoms with Crippen molar-refractivity contribution in [2.45, 2.75) is 102 Å². The molecule has 2 heterocycles. The van der Waals surface area contributed by atoms with Crippen LogP contribution in [-0.2, 0) is 4.74 Å². The molecule has 6 rings (SSSR count). The van der Waals surface area contributed by atoms with Crippen molar-refractivity contribution >= 4 is 0 Å². The molecule has 0 aromatic rings. The van der Waals surface area contributed by atoms with Crippen LogP contribution in [0.1, 0.15) is 78.6 Å². The van der Waals surface area contributed by atoms with Crippen LogP contribution in [0.3, 0.4) is 0 Å². The van der Waals surface area contributed by atoms with Crippen LogP contribution in [0.4, 0.5) is 0 Å². The van der Waals surface area contributed by atoms with Crippen LogP contribution in [0.25, 0.3) is 0 Å². The van der Waals surface area contributed by atoms with Gasteiger partial charge in [-0.3, -0.25) is 0 Å². The fourth-order valence-corrected chi connectivity index (χ4v) is 8.59. The third-order valence-corrected chi connectivity index (χ3v) is 10.3. The van der Waals surface area contributed by atoms with Gasteiger partial charge in [0.25, 0.3) is 0 Å². The Labute approximate surface area is 176 Å². The van der Waals surface area contributed by atoms with Crippen LogP contribution in [-0.4, -0.2) is 35.5 Å². The number of aliphatic hydroxyl groups excluding tert-OH is 1. The maximum Gasteiger partial charge on any atom is 0.0912 e. The van der Waals surface area contributed by atoms with Gasteiger partial charge >= 0.3 is 0 Å². The SMILES string of the molecule is CC1=C2C[C@H]3[C@@H](CC=C4CC(O)CC[C@@]43C)[C@@H]2CC[C@@]12CC1NC[C@@H](C)C[C@H]1O2. The molecule has 160 valence electrons. The first-order valence-electron chi connectivity index (χ1n) is 12.4. The van der Waals surface area contributed by atoms with Crippen molar-refractivity contribution in [1.29, 1.82) is 0 Å². The molecular formula is C26H39NO2. The lowest BCUT2D eigenvalue weighted by Crippen LogP contribution is -2.45. The fraction of sp³-hybridized carbons (Fsp3) is 0.846. The van der Waals surface area contributed by atoms with Gasteiger partial charge in [0.2, 0.25) is 0 Å². The van der Waals surface area contributed by atoms with Crippen molar-refractivity contribution < 1.29 is 9.84 Å². The van der Waals surface area contributed by atoms with Crippen LogP contribution in [0, 0.1) is 29.1 Å². The van der Waals surface area contributed by atoms with E-state index in [0.717, 1.165) is 43.1 Å². The molecule has 0 radical (unpaired) electrons. The van der Waals surface area contributed by atoms with Gasteiger partial charge in [0.05, 0.1) is 17.8 Å². The molecule has 0 bridgehead atoms. The van der Waals surface area contributed by atoms with Crippen LogP contribution in [0.15, 0.2) is 22.8 Å². The molecule has 3 heteroatoms. The summed E-state index contributed by atoms with van der Waals surface area (Å²) in [5.74, 6) is 3.12. The Kier molecular flexibility index (Phi) is 4.23. The molecule has 2 saturated carbocycles. The zero-order valence-electron chi connectivity index (χ0n) is 18.5. The molecule has 0 aromatic heterocycles. The number of ether oxygens (including phenoxy) is 1. The van der Waals surface area contributed by atoms with Gasteiger partial charge in [-0.05, 0) is 106 Å². The fourth-order valence-electron chi connectivity index (χ4n) is 8.59. The number of hydrogen-bond donors (Lipinski definition) is 2. The van der Waals surface area contributed by atoms with Crippen LogP contribution < -0.4 is 5.32 Å². The highest BCUT2D eigenvalue weighted by Gasteiger charge is 2.58. The molecule has 2 aliphatic heterocycles. The molecule has 4 aliphatic carbocycles. The third kappa shape index (κ3) is 2.66. The highest BCUT2D eigenvalue weighted by molar-refractivity contribution is 5.37. The smallest absolute Gasteiger partial charge is 0.0912 e. The van der Waals surface area contributed by atoms with Crippen LogP contribution >= 0.6 is 0 Å². The van der Waals surface area contributed by atoms with Gasteiger partial charge < -0.3 is 15.2 Å². The Hall–Kier alpha value is -0.640. The Morgan fingerprint density at radius 3 is 2.93 bits per heavy atom. The van der Waals surface area contributed by atoms with E-state index in [1.54, 1.807) is 16.7 Å². The van der Waals surface area contributed by atoms with Crippen molar-refractivity contribution in [2.24, 2.45) is 29.1 Å². The minimum Gasteiger partial charge on any atom is -0.393 e. The van der Waals surface area contributed by atoms with E-state index in [1.807, 2.05) is 0 Å². The highest BCUT2D eigenvalue weighted by Crippen LogP contribution is 2.64. The second kappa shape index (κ2) is 6.43. The molecule has 4 fully saturated rings. The highest BCUT2D eigenvalue weighted by atomic mass is 16.5. The van der Waals surface area contributed by atoms with Crippen molar-refractivity contribution in [1.82, 2.24) is 5.32 Å². The Balaban J connectivity index is 1.31. The minimum absolute atomic E-state index is 0.0195. The molecule has 0 amide bonds. The van der Waals surface area contributed by atoms with Gasteiger partial charge in [-0.25, -0.2) is 0 Å². The first-order chi connectivity index (χ1) is 13.9. The van der Waals surface area contributed by atoms with E-state index in [2.05, 4.69) is 32.2 Å². The van der Waals surface area contributed by atoms with Crippen LogP contribution in [0.5, 0.6) is 0 Å². The number of aliphatic hydroxyl groups is 1. The molecule has 2 N–H and O–H groups in total. The quantitative estimate of drug-likeness (QED) is 0.579. The summed E-state index contributed by atoms with van der Waals surface area (Å²) in [6.45, 7) is 8.47. The van der Waals surface area contributed by atoms with Crippen molar-refractivity contribution in [3.05, 3.63) is 22.8 Å². The number of fused-ring (bicyclic) bond motifs is 6. The molecule has 9 atom stereocenters. The number of hydrogen-bond acceptors (Lipinski definition) is 3. The van der Waals surface area contributed by atoms with E-state index in [9.17, 15) is 5.11 Å². The first-order valence-corrected chi connectivity index (χ1v) is 12.4. The minimum atomic E-state index is -0.107. The van der Waals surface area contributed by atoms with E-state index >= 15 is 0 Å². The van der Waals surface area contributed by atoms with E-state index < -0.39 is 0 Å². The summed E-state index contributed by atoms with van der Waals surface area (Å²) in [6, 6.07) is 0.563. The lowest BCUT2D eigenvalue weighted by Gasteiger charge is -2.49. The normalized spacial score (nSPS) is 53.9. The van der Waals surface area contributed by atoms with Crippen molar-refractivity contribution in [3.63, 3.8) is 0 Å². The van der Waals surface area contributed by atoms with Gasteiger partial charge in [0, 0.05) is 6.04 Å². The molecule has 2 saturated heterocycles. The Bertz CT molecular complexity index is 771. The average molecular weight is 398 g/mol. The van der Waals surface area contributed by atoms with Gasteiger partial charge in [-0.15, -0.1) is 0 Å². The predicted octanol–water partition coefficient (Wildman–Crippen LogP) is 4.76. The second-order valence-corrected chi connectivity index (χ2v) is 11.8. The summed E-state index contributed by atoms with van der Waals surface area (Å²) in [4.78, 5) is 0. The van der Waals surface area contributed by atoms with E-state index in [1.165, 1.54) is 44.9 Å². The zero-order chi connectivity index (χ0) is 20.0. The zero-order valence-corrected chi connectivity index (χ0v) is 18.5. The Morgan fingerprint density at radius 2 is 2.07 bits per heavy atom. The maximum absolute atomic E-state index is 10.2. The number of piperidine rings is 1. The molecule has 0 aromatic carbocycles. The molecule has 29 heavy (non-hydrogen) atoms. The Morgan fingerprint density at radius 1 is 1.21 bits per heavy atom. The largest absolute Gasteiger partial charge is 0.393 e. The maximum atomic E-state index is 10.2. The number of nitrogens with one attached hydrogen (secondary N) is 1. The molecule has 2 unspecified atom stereocenters. The molecular weight excluding hydrogens is 358 g/mol. The van der Waals surface area contributed by atoms with E-state index in [4.69, 9.17) is 4.74 Å². The average Bonchev–Trinajstić information content (AvgIpc) is 3.25. The molecule has 1 spiro atoms. The van der Waals surface area contributed by atoms with Crippen LogP contribution in [0.2, 0.25) is 0 Å². The van der Waals surface area contributed by atoms with Gasteiger partial charge in [-0.2, -0.15) is 0 Å². The summed E-state index contributed by atoms with van der Waals surface area (Å²) in [6.07, 6.45) is 13.4.